The highest BCUT2D eigenvalue weighted by Crippen LogP contribution is 2.60. The number of hydrogen-bond acceptors (Lipinski definition) is 3. The Labute approximate surface area is 158 Å². The van der Waals surface area contributed by atoms with Crippen molar-refractivity contribution in [1.29, 1.82) is 0 Å². The predicted octanol–water partition coefficient (Wildman–Crippen LogP) is 4.93. The molecule has 0 fully saturated rings. The molecule has 0 radical (unpaired) electrons. The molecule has 0 heterocycles. The van der Waals surface area contributed by atoms with E-state index in [1.165, 1.54) is 0 Å². The number of carboxylic acids is 1. The van der Waals surface area contributed by atoms with Gasteiger partial charge in [0.2, 0.25) is 0 Å². The van der Waals surface area contributed by atoms with E-state index >= 15 is 0 Å². The lowest BCUT2D eigenvalue weighted by Gasteiger charge is -2.39. The van der Waals surface area contributed by atoms with Gasteiger partial charge in [0.25, 0.3) is 5.97 Å². The summed E-state index contributed by atoms with van der Waals surface area (Å²) in [6, 6.07) is 0. The highest BCUT2D eigenvalue weighted by atomic mass is 32.2. The van der Waals surface area contributed by atoms with Gasteiger partial charge in [-0.1, -0.05) is 0 Å². The summed E-state index contributed by atoms with van der Waals surface area (Å²) in [6.07, 6.45) is -9.64. The minimum absolute atomic E-state index is 0.300. The van der Waals surface area contributed by atoms with Gasteiger partial charge in [-0.3, -0.25) is 4.79 Å². The van der Waals surface area contributed by atoms with E-state index in [0.717, 1.165) is 6.92 Å². The summed E-state index contributed by atoms with van der Waals surface area (Å²) in [7, 11) is 0. The Hall–Kier alpha value is -1.13. The summed E-state index contributed by atoms with van der Waals surface area (Å²) in [5.74, 6) is -38.8. The number of aliphatic hydroxyl groups excluding tert-OH is 1. The quantitative estimate of drug-likeness (QED) is 0.360. The molecule has 0 unspecified atom stereocenters. The zero-order chi connectivity index (χ0) is 24.1. The van der Waals surface area contributed by atoms with E-state index in [9.17, 15) is 57.1 Å². The fourth-order valence-electron chi connectivity index (χ4n) is 1.33. The maximum absolute atomic E-state index is 13.2. The van der Waals surface area contributed by atoms with Gasteiger partial charge in [-0.25, -0.2) is 0 Å². The van der Waals surface area contributed by atoms with Crippen molar-refractivity contribution in [3.05, 3.63) is 0 Å². The number of carbonyl (C=O) groups is 1. The van der Waals surface area contributed by atoms with Crippen LogP contribution < -0.4 is 0 Å². The van der Waals surface area contributed by atoms with Crippen molar-refractivity contribution in [2.45, 2.75) is 49.1 Å². The van der Waals surface area contributed by atoms with Crippen LogP contribution in [0.3, 0.4) is 0 Å². The molecule has 29 heavy (non-hydrogen) atoms. The van der Waals surface area contributed by atoms with Crippen LogP contribution in [0.4, 0.5) is 57.1 Å². The van der Waals surface area contributed by atoms with Crippen molar-refractivity contribution in [2.24, 2.45) is 0 Å². The summed E-state index contributed by atoms with van der Waals surface area (Å²) < 4.78 is 165. The predicted molar refractivity (Wildman–Crippen MR) is 73.1 cm³/mol. The molecule has 17 heteroatoms. The van der Waals surface area contributed by atoms with Crippen molar-refractivity contribution >= 4 is 17.7 Å². The minimum atomic E-state index is -7.86. The largest absolute Gasteiger partial charge is 0.481 e. The molecule has 176 valence electrons. The summed E-state index contributed by atoms with van der Waals surface area (Å²) in [4.78, 5) is 9.00. The van der Waals surface area contributed by atoms with Crippen molar-refractivity contribution in [3.63, 3.8) is 0 Å². The van der Waals surface area contributed by atoms with Gasteiger partial charge < -0.3 is 10.2 Å². The first kappa shape index (κ1) is 30.1. The molecule has 0 bridgehead atoms. The van der Waals surface area contributed by atoms with Crippen LogP contribution in [-0.2, 0) is 4.79 Å². The second-order valence-corrected chi connectivity index (χ2v) is 6.33. The van der Waals surface area contributed by atoms with Gasteiger partial charge in [-0.05, 0) is 5.75 Å². The first-order valence-electron chi connectivity index (χ1n) is 6.88. The third kappa shape index (κ3) is 6.42. The zero-order valence-electron chi connectivity index (χ0n) is 14.0. The summed E-state index contributed by atoms with van der Waals surface area (Å²) >= 11 is 0.300. The van der Waals surface area contributed by atoms with Crippen molar-refractivity contribution in [1.82, 2.24) is 0 Å². The van der Waals surface area contributed by atoms with Gasteiger partial charge in [-0.15, -0.1) is 0 Å². The second kappa shape index (κ2) is 9.78. The molecule has 0 spiro atoms. The first-order chi connectivity index (χ1) is 12.5. The number of aliphatic hydroxyl groups is 1. The number of carboxylic acid groups (broad SMARTS) is 1. The van der Waals surface area contributed by atoms with E-state index in [0.29, 0.717) is 11.8 Å². The van der Waals surface area contributed by atoms with Gasteiger partial charge in [0.15, 0.2) is 0 Å². The molecule has 0 aromatic heterocycles. The molecule has 2 N–H and O–H groups in total. The lowest BCUT2D eigenvalue weighted by atomic mass is 9.93. The summed E-state index contributed by atoms with van der Waals surface area (Å²) in [5.41, 5.74) is 0. The number of alkyl halides is 13. The van der Waals surface area contributed by atoms with E-state index in [1.54, 1.807) is 0 Å². The molecule has 0 aliphatic heterocycles. The summed E-state index contributed by atoms with van der Waals surface area (Å²) in [6.45, 7) is 0.443. The number of halogens is 13. The van der Waals surface area contributed by atoms with Crippen LogP contribution in [0.2, 0.25) is 0 Å². The minimum Gasteiger partial charge on any atom is -0.481 e. The molecular formula is C12H13F13O3S. The monoisotopic (exact) mass is 484 g/mol. The Morgan fingerprint density at radius 3 is 1.38 bits per heavy atom. The third-order valence-electron chi connectivity index (χ3n) is 2.79. The van der Waals surface area contributed by atoms with Gasteiger partial charge in [0, 0.05) is 19.1 Å². The molecular weight excluding hydrogens is 471 g/mol. The average molecular weight is 484 g/mol. The average Bonchev–Trinajstić information content (AvgIpc) is 2.49. The zero-order valence-corrected chi connectivity index (χ0v) is 14.8. The first-order valence-corrected chi connectivity index (χ1v) is 8.04. The lowest BCUT2D eigenvalue weighted by molar-refractivity contribution is -0.439. The Morgan fingerprint density at radius 2 is 1.07 bits per heavy atom. The smallest absolute Gasteiger partial charge is 0.460 e. The van der Waals surface area contributed by atoms with Gasteiger partial charge in [0.1, 0.15) is 0 Å². The molecule has 0 saturated carbocycles. The van der Waals surface area contributed by atoms with Crippen LogP contribution >= 0.6 is 11.8 Å². The van der Waals surface area contributed by atoms with Crippen LogP contribution in [0.15, 0.2) is 0 Å². The Balaban J connectivity index is 0. The molecule has 0 rings (SSSR count). The maximum atomic E-state index is 13.2. The van der Waals surface area contributed by atoms with Crippen LogP contribution in [0, 0.1) is 0 Å². The summed E-state index contributed by atoms with van der Waals surface area (Å²) in [5, 5.41) is 15.7. The fraction of sp³-hybridized carbons (Fsp3) is 0.917. The van der Waals surface area contributed by atoms with E-state index in [1.807, 2.05) is 0 Å². The van der Waals surface area contributed by atoms with Crippen LogP contribution in [-0.4, -0.2) is 70.1 Å². The number of aliphatic carboxylic acids is 1. The lowest BCUT2D eigenvalue weighted by Crippen LogP contribution is -2.70. The molecule has 0 aliphatic rings. The molecule has 0 saturated heterocycles. The molecule has 0 amide bonds. The molecule has 0 aliphatic carbocycles. The number of hydrogen-bond donors (Lipinski definition) is 2. The van der Waals surface area contributed by atoms with Crippen LogP contribution in [0.1, 0.15) is 13.3 Å². The van der Waals surface area contributed by atoms with E-state index in [4.69, 9.17) is 15.0 Å². The highest BCUT2D eigenvalue weighted by molar-refractivity contribution is 7.99. The van der Waals surface area contributed by atoms with Crippen molar-refractivity contribution < 1.29 is 72.1 Å². The van der Waals surface area contributed by atoms with E-state index in [2.05, 4.69) is 0 Å². The molecule has 0 atom stereocenters. The van der Waals surface area contributed by atoms with Gasteiger partial charge >= 0.3 is 35.8 Å². The van der Waals surface area contributed by atoms with Gasteiger partial charge in [0.05, 0.1) is 6.61 Å². The fourth-order valence-corrected chi connectivity index (χ4v) is 2.06. The van der Waals surface area contributed by atoms with Crippen molar-refractivity contribution in [2.75, 3.05) is 18.1 Å². The Bertz CT molecular complexity index is 530. The third-order valence-corrected chi connectivity index (χ3v) is 3.76. The second-order valence-electron chi connectivity index (χ2n) is 5.10. The Morgan fingerprint density at radius 1 is 0.724 bits per heavy atom. The van der Waals surface area contributed by atoms with Crippen LogP contribution in [0.25, 0.3) is 0 Å². The molecule has 3 nitrogen and oxygen atoms in total. The van der Waals surface area contributed by atoms with Crippen LogP contribution in [0.5, 0.6) is 0 Å². The maximum Gasteiger partial charge on any atom is 0.460 e. The molecule has 0 aromatic carbocycles. The Kier molecular flexibility index (Phi) is 10.1. The topological polar surface area (TPSA) is 57.5 Å². The standard InChI is InChI=1S/C10H9F13OS.C2H4O2/c11-5(12,1-3-25-4-2-24)6(13,14)7(15,16)8(17,18)9(19,20)10(21,22)23;1-2(3)4/h24H,1-4H2;1H3,(H,3,4). The van der Waals surface area contributed by atoms with Gasteiger partial charge in [-0.2, -0.15) is 68.8 Å². The number of rotatable bonds is 9. The normalized spacial score (nSPS) is 14.3. The SMILES string of the molecule is CC(=O)O.OCCSCCC(F)(F)C(F)(F)C(F)(F)C(F)(F)C(F)(F)C(F)(F)F. The van der Waals surface area contributed by atoms with E-state index < -0.39 is 60.5 Å². The molecule has 0 aromatic rings. The highest BCUT2D eigenvalue weighted by Gasteiger charge is 2.90. The van der Waals surface area contributed by atoms with Crippen molar-refractivity contribution in [3.8, 4) is 0 Å². The van der Waals surface area contributed by atoms with E-state index in [-0.39, 0.29) is 5.75 Å². The number of thioether (sulfide) groups is 1.